The van der Waals surface area contributed by atoms with Crippen molar-refractivity contribution in [2.24, 2.45) is 0 Å². The van der Waals surface area contributed by atoms with E-state index < -0.39 is 71.4 Å². The first-order chi connectivity index (χ1) is 70.7. The van der Waals surface area contributed by atoms with Gasteiger partial charge in [0.1, 0.15) is 0 Å². The number of pyridine rings is 4. The van der Waals surface area contributed by atoms with Gasteiger partial charge >= 0.3 is 47.8 Å². The number of benzene rings is 8. The van der Waals surface area contributed by atoms with Crippen molar-refractivity contribution >= 4 is 47.8 Å². The molecule has 752 valence electrons. The zero-order chi connectivity index (χ0) is 101. The Labute approximate surface area is 850 Å². The number of carbonyl (C=O) groups is 8. The summed E-state index contributed by atoms with van der Waals surface area (Å²) in [5, 5.41) is 0. The summed E-state index contributed by atoms with van der Waals surface area (Å²) in [5.41, 5.74) is 2.83. The fraction of sp³-hybridized carbons (Fsp3) is 0.387. The highest BCUT2D eigenvalue weighted by Crippen LogP contribution is 2.53. The largest absolute Gasteiger partial charge is 0.403 e. The van der Waals surface area contributed by atoms with Crippen molar-refractivity contribution in [2.45, 2.75) is 308 Å². The van der Waals surface area contributed by atoms with Crippen molar-refractivity contribution < 1.29 is 76.3 Å². The van der Waals surface area contributed by atoms with Crippen molar-refractivity contribution in [3.63, 3.8) is 0 Å². The molecule has 20 nitrogen and oxygen atoms in total. The fourth-order valence-corrected chi connectivity index (χ4v) is 19.0. The quantitative estimate of drug-likeness (QED) is 0.0253. The number of carbonyl (C=O) groups excluding carboxylic acids is 8. The second kappa shape index (κ2) is 58.6. The number of hydrogen-bond acceptors (Lipinski definition) is 20. The first-order valence-corrected chi connectivity index (χ1v) is 53.1. The molecule has 0 atom stereocenters. The van der Waals surface area contributed by atoms with Crippen LogP contribution in [0.4, 0.5) is 0 Å². The van der Waals surface area contributed by atoms with Crippen LogP contribution in [0, 0.1) is 0 Å². The maximum atomic E-state index is 15.8. The van der Waals surface area contributed by atoms with Crippen LogP contribution >= 0.6 is 0 Å². The number of unbranched alkanes of at least 4 members (excludes halogenated alkanes) is 32. The monoisotopic (exact) mass is 1940 g/mol. The first kappa shape index (κ1) is 107. The Morgan fingerprint density at radius 2 is 0.278 bits per heavy atom. The van der Waals surface area contributed by atoms with Crippen LogP contribution < -0.4 is 37.9 Å². The van der Waals surface area contributed by atoms with Crippen LogP contribution in [0.5, 0.6) is 47.0 Å². The molecule has 4 heterocycles. The van der Waals surface area contributed by atoms with Crippen molar-refractivity contribution in [3.05, 3.63) is 356 Å². The van der Waals surface area contributed by atoms with E-state index in [4.69, 9.17) is 57.8 Å². The second-order valence-electron chi connectivity index (χ2n) is 37.8. The molecule has 0 saturated carbocycles. The zero-order valence-electron chi connectivity index (χ0n) is 84.3. The van der Waals surface area contributed by atoms with Gasteiger partial charge in [0, 0.05) is 68.2 Å². The third-order valence-electron chi connectivity index (χ3n) is 27.0. The molecule has 0 saturated heterocycles. The van der Waals surface area contributed by atoms with E-state index in [-0.39, 0.29) is 162 Å². The summed E-state index contributed by atoms with van der Waals surface area (Å²) in [6.45, 7) is 8.80. The van der Waals surface area contributed by atoms with Crippen LogP contribution in [0.1, 0.15) is 436 Å². The molecule has 144 heavy (non-hydrogen) atoms. The summed E-state index contributed by atoms with van der Waals surface area (Å²) in [5.74, 6) is -13.9. The summed E-state index contributed by atoms with van der Waals surface area (Å²) >= 11 is 0. The lowest BCUT2D eigenvalue weighted by atomic mass is 9.78. The molecular formula is C124H140N4O16. The van der Waals surface area contributed by atoms with E-state index in [1.165, 1.54) is 0 Å². The first-order valence-electron chi connectivity index (χ1n) is 53.1. The molecule has 4 aromatic heterocycles. The van der Waals surface area contributed by atoms with Crippen LogP contribution in [0.2, 0.25) is 0 Å². The Bertz CT molecular complexity index is 5010. The van der Waals surface area contributed by atoms with Crippen LogP contribution in [0.25, 0.3) is 0 Å². The van der Waals surface area contributed by atoms with Gasteiger partial charge in [-0.2, -0.15) is 19.9 Å². The standard InChI is InChI=1S/C124H140N4O16/c1-5-9-13-17-21-25-29-33-61-81-97-101-85-103(111(139-119(131)91-69-49-39-50-70-91)125-109(101)137-117(129)89-65-45-37-46-66-89)98(82-62-34-30-26-22-18-14-10-6-2)105-87-107(115(143-123(135)95-77-57-43-58-78-95)127-113(105)141-121(133)93-73-53-41-54-74-93)100(84-64-36-32-28-24-20-16-12-8-4)108-88-106(114(142-122(134)94-75-55-42-56-76-94)128-116(108)144-124(136)96-79-59-44-60-80-96)99(83-63-35-31-27-23-19-15-11-7-3)104-86-102(97)110(138-118(130)90-67-47-38-48-68-90)126-112(104)140-120(132)92-71-51-40-52-72-92/h37-60,65-80,85-88,97-100H,5-36,61-64,81-84H2,1-4H3. The molecule has 0 aliphatic heterocycles. The summed E-state index contributed by atoms with van der Waals surface area (Å²) in [7, 11) is 0. The van der Waals surface area contributed by atoms with E-state index in [1.807, 2.05) is 24.3 Å². The highest BCUT2D eigenvalue weighted by atomic mass is 16.6. The van der Waals surface area contributed by atoms with Crippen LogP contribution in [0.3, 0.4) is 0 Å². The van der Waals surface area contributed by atoms with E-state index in [9.17, 15) is 0 Å². The molecule has 12 aromatic rings. The van der Waals surface area contributed by atoms with E-state index in [1.54, 1.807) is 243 Å². The summed E-state index contributed by atoms with van der Waals surface area (Å²) in [6.07, 6.45) is 33.7. The second-order valence-corrected chi connectivity index (χ2v) is 37.8. The van der Waals surface area contributed by atoms with E-state index in [0.717, 1.165) is 180 Å². The number of aromatic nitrogens is 4. The average molecular weight is 1940 g/mol. The predicted octanol–water partition coefficient (Wildman–Crippen LogP) is 31.5. The van der Waals surface area contributed by atoms with Gasteiger partial charge in [0.15, 0.2) is 0 Å². The molecule has 0 amide bonds. The van der Waals surface area contributed by atoms with Gasteiger partial charge in [0.2, 0.25) is 47.0 Å². The van der Waals surface area contributed by atoms with E-state index >= 15 is 38.4 Å². The van der Waals surface area contributed by atoms with Gasteiger partial charge in [-0.1, -0.05) is 404 Å². The summed E-state index contributed by atoms with van der Waals surface area (Å²) in [4.78, 5) is 149. The lowest BCUT2D eigenvalue weighted by Crippen LogP contribution is -2.22. The smallest absolute Gasteiger partial charge is 0.344 e. The van der Waals surface area contributed by atoms with Gasteiger partial charge in [0.05, 0.1) is 44.5 Å². The lowest BCUT2D eigenvalue weighted by Gasteiger charge is -2.30. The molecule has 8 aromatic carbocycles. The maximum absolute atomic E-state index is 15.8. The number of fused-ring (bicyclic) bond motifs is 8. The maximum Gasteiger partial charge on any atom is 0.344 e. The van der Waals surface area contributed by atoms with Crippen LogP contribution in [-0.4, -0.2) is 67.7 Å². The number of esters is 8. The van der Waals surface area contributed by atoms with Crippen molar-refractivity contribution in [3.8, 4) is 47.0 Å². The van der Waals surface area contributed by atoms with Gasteiger partial charge in [-0.3, -0.25) is 0 Å². The van der Waals surface area contributed by atoms with Crippen molar-refractivity contribution in [1.82, 2.24) is 19.9 Å². The average Bonchev–Trinajstić information content (AvgIpc) is 0.739. The molecule has 20 heteroatoms. The highest BCUT2D eigenvalue weighted by molar-refractivity contribution is 5.96. The van der Waals surface area contributed by atoms with Crippen LogP contribution in [0.15, 0.2) is 267 Å². The molecular weight excluding hydrogens is 1800 g/mol. The van der Waals surface area contributed by atoms with Gasteiger partial charge in [-0.25, -0.2) is 38.4 Å². The number of nitrogens with zero attached hydrogens (tertiary/aromatic N) is 4. The lowest BCUT2D eigenvalue weighted by molar-refractivity contribution is 0.0694. The third-order valence-corrected chi connectivity index (χ3v) is 27.0. The van der Waals surface area contributed by atoms with Gasteiger partial charge in [-0.15, -0.1) is 0 Å². The number of hydrogen-bond donors (Lipinski definition) is 0. The van der Waals surface area contributed by atoms with Gasteiger partial charge in [-0.05, 0) is 147 Å². The minimum absolute atomic E-state index is 0.141. The number of ether oxygens (including phenoxy) is 8. The Balaban J connectivity index is 1.24. The van der Waals surface area contributed by atoms with Gasteiger partial charge in [0.25, 0.3) is 0 Å². The van der Waals surface area contributed by atoms with Gasteiger partial charge < -0.3 is 37.9 Å². The molecule has 0 N–H and O–H groups in total. The Hall–Kier alpha value is -13.9. The Morgan fingerprint density at radius 3 is 0.396 bits per heavy atom. The molecule has 1 aliphatic carbocycles. The molecule has 13 rings (SSSR count). The molecule has 8 bridgehead atoms. The highest BCUT2D eigenvalue weighted by Gasteiger charge is 2.41. The van der Waals surface area contributed by atoms with E-state index in [0.29, 0.717) is 51.4 Å². The minimum Gasteiger partial charge on any atom is -0.403 e. The Morgan fingerprint density at radius 1 is 0.167 bits per heavy atom. The van der Waals surface area contributed by atoms with Crippen molar-refractivity contribution in [2.75, 3.05) is 0 Å². The van der Waals surface area contributed by atoms with E-state index in [2.05, 4.69) is 27.7 Å². The minimum atomic E-state index is -1.16. The Kier molecular flexibility index (Phi) is 43.7. The summed E-state index contributed by atoms with van der Waals surface area (Å²) in [6, 6.07) is 75.0. The molecule has 0 fully saturated rings. The van der Waals surface area contributed by atoms with Crippen molar-refractivity contribution in [1.29, 1.82) is 0 Å². The fourth-order valence-electron chi connectivity index (χ4n) is 19.0. The normalized spacial score (nSPS) is 13.6. The molecule has 0 unspecified atom stereocenters. The zero-order valence-corrected chi connectivity index (χ0v) is 84.3. The predicted molar refractivity (Wildman–Crippen MR) is 563 cm³/mol. The molecule has 1 aliphatic rings. The topological polar surface area (TPSA) is 262 Å². The third kappa shape index (κ3) is 32.1. The molecule has 0 spiro atoms. The SMILES string of the molecule is CCCCCCCCCCCC1c2cc(c(OC(=O)c3ccccc3)nc2OC(=O)c2ccccc2)C(CCCCCCCCCCC)c2cc(c(OC(=O)c3ccccc3)nc2OC(=O)c2ccccc2)C(CCCCCCCCCCC)c2cc(c(OC(=O)c3ccccc3)nc2OC(=O)c2ccccc2)C(CCCCCCCCCCC)c2cc1c(OC(=O)c1ccccc1)nc2OC(=O)c1ccccc1. The summed E-state index contributed by atoms with van der Waals surface area (Å²) < 4.78 is 55.7. The number of rotatable bonds is 56. The molecule has 0 radical (unpaired) electrons. The van der Waals surface area contributed by atoms with Crippen LogP contribution in [-0.2, 0) is 0 Å².